The smallest absolute Gasteiger partial charge is 0.243 e. The number of nitrogens with one attached hydrogen (secondary N) is 2. The maximum atomic E-state index is 12.1. The molecule has 0 radical (unpaired) electrons. The first-order chi connectivity index (χ1) is 12.9. The summed E-state index contributed by atoms with van der Waals surface area (Å²) in [5, 5.41) is 5.58. The van der Waals surface area contributed by atoms with Crippen LogP contribution in [0.4, 0.5) is 11.4 Å². The first-order valence-corrected chi connectivity index (χ1v) is 8.86. The van der Waals surface area contributed by atoms with Crippen LogP contribution in [0.15, 0.2) is 48.5 Å². The van der Waals surface area contributed by atoms with E-state index >= 15 is 0 Å². The van der Waals surface area contributed by atoms with Crippen LogP contribution >= 0.6 is 11.6 Å². The maximum absolute atomic E-state index is 12.1. The molecule has 6 nitrogen and oxygen atoms in total. The Balaban J connectivity index is 1.74. The second kappa shape index (κ2) is 9.73. The third-order valence-corrected chi connectivity index (χ3v) is 4.20. The fourth-order valence-electron chi connectivity index (χ4n) is 2.36. The van der Waals surface area contributed by atoms with E-state index in [9.17, 15) is 14.4 Å². The van der Waals surface area contributed by atoms with Gasteiger partial charge in [0, 0.05) is 43.9 Å². The van der Waals surface area contributed by atoms with E-state index < -0.39 is 0 Å². The number of carbonyl (C=O) groups is 3. The lowest BCUT2D eigenvalue weighted by molar-refractivity contribution is -0.124. The number of hydrogen-bond acceptors (Lipinski definition) is 4. The zero-order valence-electron chi connectivity index (χ0n) is 15.3. The van der Waals surface area contributed by atoms with E-state index in [2.05, 4.69) is 10.6 Å². The van der Waals surface area contributed by atoms with Crippen molar-refractivity contribution in [3.8, 4) is 0 Å². The molecule has 0 spiro atoms. The fraction of sp³-hybridized carbons (Fsp3) is 0.250. The first kappa shape index (κ1) is 20.5. The largest absolute Gasteiger partial charge is 0.378 e. The van der Waals surface area contributed by atoms with Crippen molar-refractivity contribution in [1.82, 2.24) is 5.32 Å². The molecule has 0 saturated carbocycles. The van der Waals surface area contributed by atoms with E-state index in [-0.39, 0.29) is 37.0 Å². The van der Waals surface area contributed by atoms with Crippen LogP contribution in [-0.2, 0) is 9.59 Å². The van der Waals surface area contributed by atoms with Crippen LogP contribution in [0.1, 0.15) is 23.2 Å². The van der Waals surface area contributed by atoms with E-state index in [1.165, 1.54) is 0 Å². The van der Waals surface area contributed by atoms with Gasteiger partial charge in [-0.1, -0.05) is 23.7 Å². The number of rotatable bonds is 8. The summed E-state index contributed by atoms with van der Waals surface area (Å²) in [6, 6.07) is 14.0. The summed E-state index contributed by atoms with van der Waals surface area (Å²) in [5.41, 5.74) is 2.06. The van der Waals surface area contributed by atoms with Crippen molar-refractivity contribution in [3.05, 3.63) is 59.1 Å². The summed E-state index contributed by atoms with van der Waals surface area (Å²) in [7, 11) is 3.86. The van der Waals surface area contributed by atoms with Crippen LogP contribution in [-0.4, -0.2) is 38.2 Å². The highest BCUT2D eigenvalue weighted by Crippen LogP contribution is 2.17. The number of halogens is 1. The minimum atomic E-state index is -0.367. The summed E-state index contributed by atoms with van der Waals surface area (Å²) in [6.45, 7) is -0.158. The van der Waals surface area contributed by atoms with E-state index in [0.717, 1.165) is 5.69 Å². The minimum absolute atomic E-state index is 0.00509. The topological polar surface area (TPSA) is 78.5 Å². The van der Waals surface area contributed by atoms with Gasteiger partial charge in [0.25, 0.3) is 0 Å². The number of ketones is 1. The number of Topliss-reactive ketones (excluding diaryl/α,β-unsaturated/α-hetero) is 1. The Hall–Kier alpha value is -2.86. The fourth-order valence-corrected chi connectivity index (χ4v) is 2.61. The van der Waals surface area contributed by atoms with Gasteiger partial charge in [0.1, 0.15) is 0 Å². The van der Waals surface area contributed by atoms with E-state index in [0.29, 0.717) is 16.3 Å². The third-order valence-electron chi connectivity index (χ3n) is 3.87. The predicted molar refractivity (Wildman–Crippen MR) is 107 cm³/mol. The van der Waals surface area contributed by atoms with E-state index in [1.807, 2.05) is 31.1 Å². The molecular weight excluding hydrogens is 366 g/mol. The van der Waals surface area contributed by atoms with Crippen molar-refractivity contribution in [1.29, 1.82) is 0 Å². The number of amides is 2. The Morgan fingerprint density at radius 3 is 2.22 bits per heavy atom. The monoisotopic (exact) mass is 387 g/mol. The Bertz CT molecular complexity index is 819. The standard InChI is InChI=1S/C20H22ClN3O3/c1-24(2)15-9-7-14(8-10-15)23-20(27)13-22-19(26)12-11-18(25)16-5-3-4-6-17(16)21/h3-10H,11-13H2,1-2H3,(H,22,26)(H,23,27). The Kier molecular flexibility index (Phi) is 7.37. The van der Waals surface area contributed by atoms with Gasteiger partial charge in [0.15, 0.2) is 5.78 Å². The summed E-state index contributed by atoms with van der Waals surface area (Å²) in [6.07, 6.45) is 0.0258. The van der Waals surface area contributed by atoms with Gasteiger partial charge in [-0.25, -0.2) is 0 Å². The van der Waals surface area contributed by atoms with Crippen LogP contribution in [0.25, 0.3) is 0 Å². The van der Waals surface area contributed by atoms with Gasteiger partial charge in [0.05, 0.1) is 11.6 Å². The molecule has 2 aromatic carbocycles. The molecule has 0 unspecified atom stereocenters. The molecule has 2 N–H and O–H groups in total. The summed E-state index contributed by atoms with van der Waals surface area (Å²) < 4.78 is 0. The lowest BCUT2D eigenvalue weighted by Gasteiger charge is -2.13. The van der Waals surface area contributed by atoms with Crippen LogP contribution in [0.5, 0.6) is 0 Å². The zero-order chi connectivity index (χ0) is 19.8. The number of hydrogen-bond donors (Lipinski definition) is 2. The number of nitrogens with zero attached hydrogens (tertiary/aromatic N) is 1. The molecule has 0 aliphatic rings. The van der Waals surface area contributed by atoms with Gasteiger partial charge < -0.3 is 15.5 Å². The molecule has 0 aromatic heterocycles. The molecule has 142 valence electrons. The lowest BCUT2D eigenvalue weighted by Crippen LogP contribution is -2.33. The van der Waals surface area contributed by atoms with Crippen molar-refractivity contribution in [2.24, 2.45) is 0 Å². The number of benzene rings is 2. The number of anilines is 2. The van der Waals surface area contributed by atoms with Crippen molar-refractivity contribution >= 4 is 40.6 Å². The summed E-state index contributed by atoms with van der Waals surface area (Å²) in [4.78, 5) is 37.8. The van der Waals surface area contributed by atoms with E-state index in [4.69, 9.17) is 11.6 Å². The van der Waals surface area contributed by atoms with Gasteiger partial charge in [-0.3, -0.25) is 14.4 Å². The van der Waals surface area contributed by atoms with Crippen molar-refractivity contribution in [2.45, 2.75) is 12.8 Å². The molecule has 0 fully saturated rings. The van der Waals surface area contributed by atoms with Crippen LogP contribution in [0.2, 0.25) is 5.02 Å². The second-order valence-electron chi connectivity index (χ2n) is 6.17. The lowest BCUT2D eigenvalue weighted by atomic mass is 10.1. The summed E-state index contributed by atoms with van der Waals surface area (Å²) in [5.74, 6) is -0.909. The predicted octanol–water partition coefficient (Wildman–Crippen LogP) is 3.12. The number of carbonyl (C=O) groups excluding carboxylic acids is 3. The molecule has 0 atom stereocenters. The van der Waals surface area contributed by atoms with Gasteiger partial charge >= 0.3 is 0 Å². The molecule has 2 aromatic rings. The normalized spacial score (nSPS) is 10.2. The Labute approximate surface area is 163 Å². The van der Waals surface area contributed by atoms with Crippen LogP contribution in [0, 0.1) is 0 Å². The molecule has 0 aliphatic carbocycles. The highest BCUT2D eigenvalue weighted by Gasteiger charge is 2.12. The average molecular weight is 388 g/mol. The Morgan fingerprint density at radius 2 is 1.59 bits per heavy atom. The quantitative estimate of drug-likeness (QED) is 0.682. The second-order valence-corrected chi connectivity index (χ2v) is 6.58. The molecule has 0 bridgehead atoms. The molecular formula is C20H22ClN3O3. The van der Waals surface area contributed by atoms with Crippen molar-refractivity contribution in [2.75, 3.05) is 30.9 Å². The van der Waals surface area contributed by atoms with Crippen molar-refractivity contribution < 1.29 is 14.4 Å². The van der Waals surface area contributed by atoms with E-state index in [1.54, 1.807) is 36.4 Å². The minimum Gasteiger partial charge on any atom is -0.378 e. The molecule has 2 rings (SSSR count). The van der Waals surface area contributed by atoms with Gasteiger partial charge in [-0.05, 0) is 36.4 Å². The Morgan fingerprint density at radius 1 is 0.926 bits per heavy atom. The van der Waals surface area contributed by atoms with Gasteiger partial charge in [0.2, 0.25) is 11.8 Å². The highest BCUT2D eigenvalue weighted by atomic mass is 35.5. The van der Waals surface area contributed by atoms with Crippen LogP contribution < -0.4 is 15.5 Å². The zero-order valence-corrected chi connectivity index (χ0v) is 16.0. The van der Waals surface area contributed by atoms with Gasteiger partial charge in [-0.2, -0.15) is 0 Å². The van der Waals surface area contributed by atoms with Crippen LogP contribution in [0.3, 0.4) is 0 Å². The molecule has 0 heterocycles. The molecule has 7 heteroatoms. The van der Waals surface area contributed by atoms with Gasteiger partial charge in [-0.15, -0.1) is 0 Å². The first-order valence-electron chi connectivity index (χ1n) is 8.48. The average Bonchev–Trinajstić information content (AvgIpc) is 2.65. The molecule has 27 heavy (non-hydrogen) atoms. The highest BCUT2D eigenvalue weighted by molar-refractivity contribution is 6.34. The maximum Gasteiger partial charge on any atom is 0.243 e. The molecule has 2 amide bonds. The molecule has 0 aliphatic heterocycles. The summed E-state index contributed by atoms with van der Waals surface area (Å²) >= 11 is 5.96. The molecule has 0 saturated heterocycles. The third kappa shape index (κ3) is 6.42. The van der Waals surface area contributed by atoms with Crippen molar-refractivity contribution in [3.63, 3.8) is 0 Å². The SMILES string of the molecule is CN(C)c1ccc(NC(=O)CNC(=O)CCC(=O)c2ccccc2Cl)cc1.